The van der Waals surface area contributed by atoms with Crippen molar-refractivity contribution in [3.8, 4) is 5.75 Å². The van der Waals surface area contributed by atoms with Crippen LogP contribution >= 0.6 is 11.6 Å². The molecule has 70 valence electrons. The fraction of sp³-hybridized carbons (Fsp3) is 0.125. The van der Waals surface area contributed by atoms with Gasteiger partial charge in [-0.05, 0) is 12.1 Å². The molecule has 1 aromatic rings. The summed E-state index contributed by atoms with van der Waals surface area (Å²) < 4.78 is 17.7. The highest BCUT2D eigenvalue weighted by atomic mass is 35.5. The predicted molar refractivity (Wildman–Crippen MR) is 46.5 cm³/mol. The molecule has 0 unspecified atom stereocenters. The largest absolute Gasteiger partial charge is 0.496 e. The van der Waals surface area contributed by atoms with E-state index >= 15 is 0 Å². The molecule has 13 heavy (non-hydrogen) atoms. The molecule has 1 amide bonds. The van der Waals surface area contributed by atoms with Crippen LogP contribution in [-0.2, 0) is 0 Å². The summed E-state index contributed by atoms with van der Waals surface area (Å²) in [5, 5.41) is -0.313. The number of methoxy groups -OCH3 is 1. The number of ether oxygens (including phenoxy) is 1. The standard InChI is InChI=1S/C8H7ClFNO2/c1-13-5-3-2-4(10)7(9)6(5)8(11)12/h2-3H,1H3,(H2,11,12). The van der Waals surface area contributed by atoms with E-state index in [1.807, 2.05) is 0 Å². The molecule has 0 bridgehead atoms. The molecule has 0 radical (unpaired) electrons. The Hall–Kier alpha value is -1.29. The first-order valence-electron chi connectivity index (χ1n) is 3.39. The zero-order valence-corrected chi connectivity index (χ0v) is 7.56. The second kappa shape index (κ2) is 3.62. The molecule has 0 aliphatic carbocycles. The summed E-state index contributed by atoms with van der Waals surface area (Å²) in [7, 11) is 1.34. The third-order valence-electron chi connectivity index (χ3n) is 1.52. The molecule has 0 aliphatic rings. The van der Waals surface area contributed by atoms with E-state index in [1.165, 1.54) is 13.2 Å². The van der Waals surface area contributed by atoms with Gasteiger partial charge < -0.3 is 10.5 Å². The lowest BCUT2D eigenvalue weighted by atomic mass is 10.2. The Morgan fingerprint density at radius 3 is 2.69 bits per heavy atom. The minimum Gasteiger partial charge on any atom is -0.496 e. The summed E-state index contributed by atoms with van der Waals surface area (Å²) in [5.74, 6) is -1.35. The number of primary amides is 1. The molecular formula is C8H7ClFNO2. The lowest BCUT2D eigenvalue weighted by Crippen LogP contribution is -2.13. The van der Waals surface area contributed by atoms with Gasteiger partial charge in [-0.1, -0.05) is 11.6 Å². The van der Waals surface area contributed by atoms with Crippen molar-refractivity contribution < 1.29 is 13.9 Å². The molecule has 0 heterocycles. The van der Waals surface area contributed by atoms with Crippen molar-refractivity contribution in [1.82, 2.24) is 0 Å². The number of nitrogens with two attached hydrogens (primary N) is 1. The van der Waals surface area contributed by atoms with Gasteiger partial charge in [0.1, 0.15) is 17.1 Å². The van der Waals surface area contributed by atoms with E-state index in [0.717, 1.165) is 6.07 Å². The van der Waals surface area contributed by atoms with Crippen LogP contribution in [0.4, 0.5) is 4.39 Å². The van der Waals surface area contributed by atoms with E-state index in [0.29, 0.717) is 0 Å². The van der Waals surface area contributed by atoms with Gasteiger partial charge >= 0.3 is 0 Å². The molecule has 0 saturated heterocycles. The van der Waals surface area contributed by atoms with E-state index < -0.39 is 11.7 Å². The molecule has 0 spiro atoms. The summed E-state index contributed by atoms with van der Waals surface area (Å²) in [6.07, 6.45) is 0. The van der Waals surface area contributed by atoms with Gasteiger partial charge in [-0.2, -0.15) is 0 Å². The Labute approximate surface area is 79.2 Å². The Morgan fingerprint density at radius 2 is 2.23 bits per heavy atom. The highest BCUT2D eigenvalue weighted by molar-refractivity contribution is 6.34. The minimum atomic E-state index is -0.818. The van der Waals surface area contributed by atoms with Gasteiger partial charge in [0.25, 0.3) is 5.91 Å². The van der Waals surface area contributed by atoms with Crippen LogP contribution in [0.5, 0.6) is 5.75 Å². The highest BCUT2D eigenvalue weighted by Crippen LogP contribution is 2.28. The van der Waals surface area contributed by atoms with Crippen LogP contribution in [0.15, 0.2) is 12.1 Å². The second-order valence-electron chi connectivity index (χ2n) is 2.30. The van der Waals surface area contributed by atoms with Crippen LogP contribution in [0.3, 0.4) is 0 Å². The number of halogens is 2. The van der Waals surface area contributed by atoms with Gasteiger partial charge in [0.15, 0.2) is 0 Å². The van der Waals surface area contributed by atoms with Crippen LogP contribution in [0.1, 0.15) is 10.4 Å². The molecule has 0 atom stereocenters. The molecule has 5 heteroatoms. The molecule has 3 nitrogen and oxygen atoms in total. The Balaban J connectivity index is 3.41. The van der Waals surface area contributed by atoms with Crippen molar-refractivity contribution in [2.45, 2.75) is 0 Å². The van der Waals surface area contributed by atoms with Gasteiger partial charge in [-0.15, -0.1) is 0 Å². The topological polar surface area (TPSA) is 52.3 Å². The first-order chi connectivity index (χ1) is 6.07. The van der Waals surface area contributed by atoms with E-state index in [2.05, 4.69) is 0 Å². The average Bonchev–Trinajstić information content (AvgIpc) is 2.08. The predicted octanol–water partition coefficient (Wildman–Crippen LogP) is 1.59. The fourth-order valence-corrected chi connectivity index (χ4v) is 1.18. The molecule has 1 aromatic carbocycles. The normalized spacial score (nSPS) is 9.77. The average molecular weight is 204 g/mol. The molecule has 0 saturated carbocycles. The molecule has 0 fully saturated rings. The van der Waals surface area contributed by atoms with Gasteiger partial charge in [0.2, 0.25) is 0 Å². The van der Waals surface area contributed by atoms with Crippen molar-refractivity contribution >= 4 is 17.5 Å². The summed E-state index contributed by atoms with van der Waals surface area (Å²) in [5.41, 5.74) is 4.85. The summed E-state index contributed by atoms with van der Waals surface area (Å²) in [6.45, 7) is 0. The maximum absolute atomic E-state index is 12.9. The quantitative estimate of drug-likeness (QED) is 0.794. The van der Waals surface area contributed by atoms with Gasteiger partial charge in [-0.3, -0.25) is 4.79 Å². The van der Waals surface area contributed by atoms with Crippen LogP contribution < -0.4 is 10.5 Å². The minimum absolute atomic E-state index is 0.135. The number of rotatable bonds is 2. The van der Waals surface area contributed by atoms with E-state index in [9.17, 15) is 9.18 Å². The Morgan fingerprint density at radius 1 is 1.62 bits per heavy atom. The molecule has 1 rings (SSSR count). The van der Waals surface area contributed by atoms with Crippen LogP contribution in [0.2, 0.25) is 5.02 Å². The first kappa shape index (κ1) is 9.80. The smallest absolute Gasteiger partial charge is 0.254 e. The Bertz CT molecular complexity index is 354. The monoisotopic (exact) mass is 203 g/mol. The molecule has 0 aliphatic heterocycles. The first-order valence-corrected chi connectivity index (χ1v) is 3.77. The van der Waals surface area contributed by atoms with Gasteiger partial charge in [-0.25, -0.2) is 4.39 Å². The van der Waals surface area contributed by atoms with Crippen LogP contribution in [-0.4, -0.2) is 13.0 Å². The van der Waals surface area contributed by atoms with Crippen molar-refractivity contribution in [3.05, 3.63) is 28.5 Å². The fourth-order valence-electron chi connectivity index (χ4n) is 0.933. The lowest BCUT2D eigenvalue weighted by molar-refractivity contribution is 0.0997. The molecule has 0 aromatic heterocycles. The van der Waals surface area contributed by atoms with Crippen molar-refractivity contribution in [2.24, 2.45) is 5.73 Å². The lowest BCUT2D eigenvalue weighted by Gasteiger charge is -2.06. The SMILES string of the molecule is COc1ccc(F)c(Cl)c1C(N)=O. The summed E-state index contributed by atoms with van der Waals surface area (Å²) >= 11 is 5.52. The number of hydrogen-bond acceptors (Lipinski definition) is 2. The zero-order valence-electron chi connectivity index (χ0n) is 6.80. The van der Waals surface area contributed by atoms with Crippen molar-refractivity contribution in [1.29, 1.82) is 0 Å². The summed E-state index contributed by atoms with van der Waals surface area (Å²) in [6, 6.07) is 2.40. The third-order valence-corrected chi connectivity index (χ3v) is 1.89. The Kier molecular flexibility index (Phi) is 2.72. The zero-order chi connectivity index (χ0) is 10.0. The van der Waals surface area contributed by atoms with Crippen LogP contribution in [0.25, 0.3) is 0 Å². The number of carbonyl (C=O) groups is 1. The summed E-state index contributed by atoms with van der Waals surface area (Å²) in [4.78, 5) is 10.8. The third kappa shape index (κ3) is 1.72. The van der Waals surface area contributed by atoms with Crippen LogP contribution in [0, 0.1) is 5.82 Å². The maximum atomic E-state index is 12.9. The van der Waals surface area contributed by atoms with Crippen molar-refractivity contribution in [2.75, 3.05) is 7.11 Å². The number of hydrogen-bond donors (Lipinski definition) is 1. The second-order valence-corrected chi connectivity index (χ2v) is 2.68. The van der Waals surface area contributed by atoms with Crippen molar-refractivity contribution in [3.63, 3.8) is 0 Å². The number of amides is 1. The van der Waals surface area contributed by atoms with Gasteiger partial charge in [0, 0.05) is 0 Å². The van der Waals surface area contributed by atoms with Gasteiger partial charge in [0.05, 0.1) is 12.1 Å². The van der Waals surface area contributed by atoms with E-state index in [-0.39, 0.29) is 16.3 Å². The maximum Gasteiger partial charge on any atom is 0.254 e. The molecule has 2 N–H and O–H groups in total. The number of benzene rings is 1. The van der Waals surface area contributed by atoms with E-state index in [1.54, 1.807) is 0 Å². The molecular weight excluding hydrogens is 197 g/mol. The van der Waals surface area contributed by atoms with E-state index in [4.69, 9.17) is 22.1 Å². The highest BCUT2D eigenvalue weighted by Gasteiger charge is 2.16. The number of carbonyl (C=O) groups excluding carboxylic acids is 1.